The zero-order valence-corrected chi connectivity index (χ0v) is 12.9. The fraction of sp³-hybridized carbons (Fsp3) is 0.200. The van der Waals surface area contributed by atoms with Gasteiger partial charge in [-0.2, -0.15) is 0 Å². The Morgan fingerprint density at radius 3 is 2.86 bits per heavy atom. The maximum Gasteiger partial charge on any atom is 0.294 e. The van der Waals surface area contributed by atoms with Gasteiger partial charge in [0.1, 0.15) is 0 Å². The molecule has 5 nitrogen and oxygen atoms in total. The lowest BCUT2D eigenvalue weighted by Crippen LogP contribution is -2.32. The normalized spacial score (nSPS) is 14.4. The molecule has 0 saturated carbocycles. The van der Waals surface area contributed by atoms with Crippen LogP contribution in [0.15, 0.2) is 39.4 Å². The number of amides is 2. The standard InChI is InChI=1S/C15H13BrN2O3/c1-9-8-12(16)21-14(9)15(20)18-7-6-13(19)17-10-4-2-3-5-11(10)18/h2-5,8H,6-7H2,1H3,(H,17,19). The maximum atomic E-state index is 12.7. The second-order valence-corrected chi connectivity index (χ2v) is 5.62. The number of nitrogens with zero attached hydrogens (tertiary/aromatic N) is 1. The molecule has 0 atom stereocenters. The van der Waals surface area contributed by atoms with Crippen LogP contribution >= 0.6 is 15.9 Å². The lowest BCUT2D eigenvalue weighted by Gasteiger charge is -2.21. The smallest absolute Gasteiger partial charge is 0.294 e. The first-order chi connectivity index (χ1) is 10.1. The molecule has 1 aliphatic heterocycles. The fourth-order valence-corrected chi connectivity index (χ4v) is 2.86. The third kappa shape index (κ3) is 2.58. The Bertz CT molecular complexity index is 723. The quantitative estimate of drug-likeness (QED) is 0.859. The highest BCUT2D eigenvalue weighted by atomic mass is 79.9. The monoisotopic (exact) mass is 348 g/mol. The Morgan fingerprint density at radius 1 is 1.38 bits per heavy atom. The zero-order valence-electron chi connectivity index (χ0n) is 11.4. The van der Waals surface area contributed by atoms with Gasteiger partial charge < -0.3 is 14.6 Å². The third-order valence-corrected chi connectivity index (χ3v) is 3.75. The second-order valence-electron chi connectivity index (χ2n) is 4.83. The number of carbonyl (C=O) groups is 2. The number of para-hydroxylation sites is 2. The number of furan rings is 1. The van der Waals surface area contributed by atoms with Crippen molar-refractivity contribution in [2.75, 3.05) is 16.8 Å². The van der Waals surface area contributed by atoms with E-state index in [1.165, 1.54) is 0 Å². The van der Waals surface area contributed by atoms with Gasteiger partial charge in [-0.05, 0) is 41.1 Å². The van der Waals surface area contributed by atoms with E-state index in [0.29, 0.717) is 22.6 Å². The average Bonchev–Trinajstić information content (AvgIpc) is 2.69. The summed E-state index contributed by atoms with van der Waals surface area (Å²) in [6, 6.07) is 9.00. The summed E-state index contributed by atoms with van der Waals surface area (Å²) in [5.41, 5.74) is 2.07. The number of rotatable bonds is 1. The molecule has 1 aliphatic rings. The molecule has 0 unspecified atom stereocenters. The van der Waals surface area contributed by atoms with Crippen molar-refractivity contribution in [1.82, 2.24) is 0 Å². The molecule has 0 bridgehead atoms. The second kappa shape index (κ2) is 5.37. The zero-order chi connectivity index (χ0) is 15.0. The van der Waals surface area contributed by atoms with E-state index < -0.39 is 0 Å². The summed E-state index contributed by atoms with van der Waals surface area (Å²) in [5.74, 6) is -0.0664. The predicted octanol–water partition coefficient (Wildman–Crippen LogP) is 3.34. The van der Waals surface area contributed by atoms with E-state index in [2.05, 4.69) is 21.2 Å². The highest BCUT2D eigenvalue weighted by Gasteiger charge is 2.27. The topological polar surface area (TPSA) is 62.6 Å². The third-order valence-electron chi connectivity index (χ3n) is 3.36. The molecule has 2 aromatic rings. The van der Waals surface area contributed by atoms with E-state index in [0.717, 1.165) is 5.56 Å². The number of nitrogens with one attached hydrogen (secondary N) is 1. The van der Waals surface area contributed by atoms with Crippen molar-refractivity contribution in [3.63, 3.8) is 0 Å². The van der Waals surface area contributed by atoms with Crippen molar-refractivity contribution in [2.24, 2.45) is 0 Å². The first-order valence-corrected chi connectivity index (χ1v) is 7.32. The van der Waals surface area contributed by atoms with Crippen LogP contribution in [0.5, 0.6) is 0 Å². The number of fused-ring (bicyclic) bond motifs is 1. The molecule has 0 saturated heterocycles. The van der Waals surface area contributed by atoms with E-state index in [1.54, 1.807) is 17.0 Å². The molecule has 0 radical (unpaired) electrons. The molecular formula is C15H13BrN2O3. The Hall–Kier alpha value is -2.08. The van der Waals surface area contributed by atoms with Crippen molar-refractivity contribution < 1.29 is 14.0 Å². The van der Waals surface area contributed by atoms with Crippen LogP contribution in [0.3, 0.4) is 0 Å². The van der Waals surface area contributed by atoms with Gasteiger partial charge in [0, 0.05) is 18.5 Å². The molecule has 0 spiro atoms. The Balaban J connectivity index is 2.04. The molecule has 21 heavy (non-hydrogen) atoms. The minimum absolute atomic E-state index is 0.102. The number of hydrogen-bond acceptors (Lipinski definition) is 3. The van der Waals surface area contributed by atoms with Gasteiger partial charge in [0.05, 0.1) is 11.4 Å². The molecule has 0 fully saturated rings. The largest absolute Gasteiger partial charge is 0.444 e. The number of anilines is 2. The number of benzene rings is 1. The minimum Gasteiger partial charge on any atom is -0.444 e. The summed E-state index contributed by atoms with van der Waals surface area (Å²) < 4.78 is 5.95. The van der Waals surface area contributed by atoms with Crippen molar-refractivity contribution in [3.8, 4) is 0 Å². The average molecular weight is 349 g/mol. The van der Waals surface area contributed by atoms with Gasteiger partial charge in [0.15, 0.2) is 10.4 Å². The fourth-order valence-electron chi connectivity index (χ4n) is 2.35. The van der Waals surface area contributed by atoms with Crippen LogP contribution in [0.1, 0.15) is 22.5 Å². The van der Waals surface area contributed by atoms with E-state index in [4.69, 9.17) is 4.42 Å². The highest BCUT2D eigenvalue weighted by molar-refractivity contribution is 9.10. The molecule has 1 aromatic carbocycles. The number of aryl methyl sites for hydroxylation is 1. The summed E-state index contributed by atoms with van der Waals surface area (Å²) in [5, 5.41) is 2.81. The van der Waals surface area contributed by atoms with Crippen LogP contribution in [-0.4, -0.2) is 18.4 Å². The summed E-state index contributed by atoms with van der Waals surface area (Å²) in [4.78, 5) is 26.0. The van der Waals surface area contributed by atoms with E-state index in [-0.39, 0.29) is 24.0 Å². The van der Waals surface area contributed by atoms with Crippen LogP contribution in [0.2, 0.25) is 0 Å². The molecule has 1 N–H and O–H groups in total. The molecule has 6 heteroatoms. The first-order valence-electron chi connectivity index (χ1n) is 6.53. The van der Waals surface area contributed by atoms with Crippen LogP contribution < -0.4 is 10.2 Å². The van der Waals surface area contributed by atoms with Gasteiger partial charge in [0.25, 0.3) is 5.91 Å². The summed E-state index contributed by atoms with van der Waals surface area (Å²) in [7, 11) is 0. The van der Waals surface area contributed by atoms with Crippen molar-refractivity contribution >= 4 is 39.1 Å². The van der Waals surface area contributed by atoms with Crippen LogP contribution in [0, 0.1) is 6.92 Å². The van der Waals surface area contributed by atoms with E-state index in [9.17, 15) is 9.59 Å². The van der Waals surface area contributed by atoms with Gasteiger partial charge in [-0.25, -0.2) is 0 Å². The highest BCUT2D eigenvalue weighted by Crippen LogP contribution is 2.31. The number of halogens is 1. The lowest BCUT2D eigenvalue weighted by atomic mass is 10.2. The summed E-state index contributed by atoms with van der Waals surface area (Å²) in [6.07, 6.45) is 0.251. The molecule has 108 valence electrons. The maximum absolute atomic E-state index is 12.7. The predicted molar refractivity (Wildman–Crippen MR) is 82.5 cm³/mol. The van der Waals surface area contributed by atoms with Gasteiger partial charge in [0.2, 0.25) is 5.91 Å². The van der Waals surface area contributed by atoms with E-state index in [1.807, 2.05) is 25.1 Å². The number of hydrogen-bond donors (Lipinski definition) is 1. The molecule has 2 heterocycles. The molecular weight excluding hydrogens is 336 g/mol. The van der Waals surface area contributed by atoms with Crippen LogP contribution in [-0.2, 0) is 4.79 Å². The molecule has 3 rings (SSSR count). The van der Waals surface area contributed by atoms with Crippen molar-refractivity contribution in [1.29, 1.82) is 0 Å². The Labute approximate surface area is 130 Å². The van der Waals surface area contributed by atoms with Gasteiger partial charge in [-0.1, -0.05) is 12.1 Å². The minimum atomic E-state index is -0.248. The molecule has 2 amide bonds. The summed E-state index contributed by atoms with van der Waals surface area (Å²) >= 11 is 3.23. The van der Waals surface area contributed by atoms with Gasteiger partial charge in [-0.3, -0.25) is 9.59 Å². The van der Waals surface area contributed by atoms with Gasteiger partial charge >= 0.3 is 0 Å². The molecule has 1 aromatic heterocycles. The lowest BCUT2D eigenvalue weighted by molar-refractivity contribution is -0.115. The SMILES string of the molecule is Cc1cc(Br)oc1C(=O)N1CCC(=O)Nc2ccccc21. The first kappa shape index (κ1) is 13.9. The van der Waals surface area contributed by atoms with Crippen LogP contribution in [0.25, 0.3) is 0 Å². The number of carbonyl (C=O) groups excluding carboxylic acids is 2. The van der Waals surface area contributed by atoms with Crippen molar-refractivity contribution in [3.05, 3.63) is 46.3 Å². The van der Waals surface area contributed by atoms with Crippen LogP contribution in [0.4, 0.5) is 11.4 Å². The molecule has 0 aliphatic carbocycles. The Morgan fingerprint density at radius 2 is 2.14 bits per heavy atom. The van der Waals surface area contributed by atoms with Gasteiger partial charge in [-0.15, -0.1) is 0 Å². The summed E-state index contributed by atoms with van der Waals surface area (Å²) in [6.45, 7) is 2.13. The van der Waals surface area contributed by atoms with E-state index >= 15 is 0 Å². The Kier molecular flexibility index (Phi) is 3.55. The van der Waals surface area contributed by atoms with Crippen molar-refractivity contribution in [2.45, 2.75) is 13.3 Å².